The molecule has 0 spiro atoms. The molecule has 0 radical (unpaired) electrons. The third-order valence-electron chi connectivity index (χ3n) is 3.31. The van der Waals surface area contributed by atoms with Gasteiger partial charge >= 0.3 is 0 Å². The van der Waals surface area contributed by atoms with Gasteiger partial charge in [0.2, 0.25) is 0 Å². The number of hydrogen-bond acceptors (Lipinski definition) is 2. The van der Waals surface area contributed by atoms with Gasteiger partial charge in [-0.2, -0.15) is 0 Å². The van der Waals surface area contributed by atoms with Crippen LogP contribution in [0.4, 0.5) is 0 Å². The summed E-state index contributed by atoms with van der Waals surface area (Å²) < 4.78 is 0. The molecule has 1 N–H and O–H groups in total. The van der Waals surface area contributed by atoms with Crippen LogP contribution in [0.2, 0.25) is 0 Å². The summed E-state index contributed by atoms with van der Waals surface area (Å²) >= 11 is 0. The van der Waals surface area contributed by atoms with Gasteiger partial charge in [0.1, 0.15) is 0 Å². The SMILES string of the molecule is CNCCCC1CCCCN1CC(C)C. The fraction of sp³-hybridized carbons (Fsp3) is 1.00. The summed E-state index contributed by atoms with van der Waals surface area (Å²) in [6, 6.07) is 0.870. The Labute approximate surface area is 95.4 Å². The van der Waals surface area contributed by atoms with Crippen LogP contribution >= 0.6 is 0 Å². The molecule has 1 atom stereocenters. The molecule has 2 nitrogen and oxygen atoms in total. The highest BCUT2D eigenvalue weighted by Crippen LogP contribution is 2.21. The smallest absolute Gasteiger partial charge is 0.00958 e. The Bertz CT molecular complexity index is 157. The van der Waals surface area contributed by atoms with Gasteiger partial charge in [-0.05, 0) is 51.7 Å². The van der Waals surface area contributed by atoms with E-state index in [4.69, 9.17) is 0 Å². The zero-order valence-electron chi connectivity index (χ0n) is 10.8. The van der Waals surface area contributed by atoms with Crippen molar-refractivity contribution in [1.82, 2.24) is 10.2 Å². The number of nitrogens with zero attached hydrogens (tertiary/aromatic N) is 1. The van der Waals surface area contributed by atoms with E-state index in [9.17, 15) is 0 Å². The van der Waals surface area contributed by atoms with Crippen molar-refractivity contribution in [2.45, 2.75) is 52.0 Å². The molecule has 1 rings (SSSR count). The van der Waals surface area contributed by atoms with E-state index >= 15 is 0 Å². The predicted molar refractivity (Wildman–Crippen MR) is 67.2 cm³/mol. The van der Waals surface area contributed by atoms with Crippen molar-refractivity contribution in [2.24, 2.45) is 5.92 Å². The van der Waals surface area contributed by atoms with Gasteiger partial charge in [0.25, 0.3) is 0 Å². The van der Waals surface area contributed by atoms with Crippen LogP contribution in [0.5, 0.6) is 0 Å². The van der Waals surface area contributed by atoms with Crippen molar-refractivity contribution in [3.05, 3.63) is 0 Å². The van der Waals surface area contributed by atoms with Crippen molar-refractivity contribution in [1.29, 1.82) is 0 Å². The molecule has 0 aromatic heterocycles. The molecule has 1 unspecified atom stereocenters. The van der Waals surface area contributed by atoms with Crippen molar-refractivity contribution in [3.63, 3.8) is 0 Å². The number of piperidine rings is 1. The second kappa shape index (κ2) is 7.24. The Morgan fingerprint density at radius 1 is 1.33 bits per heavy atom. The topological polar surface area (TPSA) is 15.3 Å². The lowest BCUT2D eigenvalue weighted by atomic mass is 9.97. The highest BCUT2D eigenvalue weighted by Gasteiger charge is 2.21. The van der Waals surface area contributed by atoms with Crippen LogP contribution in [-0.4, -0.2) is 37.6 Å². The maximum atomic E-state index is 3.24. The van der Waals surface area contributed by atoms with Crippen LogP contribution in [0.1, 0.15) is 46.0 Å². The molecule has 2 heteroatoms. The first-order valence-electron chi connectivity index (χ1n) is 6.62. The monoisotopic (exact) mass is 212 g/mol. The first kappa shape index (κ1) is 13.0. The highest BCUT2D eigenvalue weighted by atomic mass is 15.2. The predicted octanol–water partition coefficient (Wildman–Crippen LogP) is 2.50. The first-order chi connectivity index (χ1) is 7.24. The Balaban J connectivity index is 2.29. The van der Waals surface area contributed by atoms with E-state index < -0.39 is 0 Å². The number of rotatable bonds is 6. The normalized spacial score (nSPS) is 23.6. The van der Waals surface area contributed by atoms with Crippen LogP contribution in [0.15, 0.2) is 0 Å². The van der Waals surface area contributed by atoms with Crippen LogP contribution in [0.3, 0.4) is 0 Å². The fourth-order valence-electron chi connectivity index (χ4n) is 2.61. The maximum Gasteiger partial charge on any atom is 0.00958 e. The molecule has 15 heavy (non-hydrogen) atoms. The maximum absolute atomic E-state index is 3.24. The van der Waals surface area contributed by atoms with Gasteiger partial charge in [0.05, 0.1) is 0 Å². The van der Waals surface area contributed by atoms with E-state index in [-0.39, 0.29) is 0 Å². The van der Waals surface area contributed by atoms with Gasteiger partial charge < -0.3 is 10.2 Å². The summed E-state index contributed by atoms with van der Waals surface area (Å²) in [5.41, 5.74) is 0. The number of nitrogens with one attached hydrogen (secondary N) is 1. The van der Waals surface area contributed by atoms with Crippen molar-refractivity contribution in [2.75, 3.05) is 26.7 Å². The van der Waals surface area contributed by atoms with Crippen molar-refractivity contribution >= 4 is 0 Å². The second-order valence-corrected chi connectivity index (χ2v) is 5.28. The lowest BCUT2D eigenvalue weighted by Gasteiger charge is -2.37. The molecule has 0 amide bonds. The molecule has 1 heterocycles. The molecule has 0 saturated carbocycles. The summed E-state index contributed by atoms with van der Waals surface area (Å²) in [4.78, 5) is 2.73. The molecule has 1 saturated heterocycles. The molecule has 1 aliphatic rings. The van der Waals surface area contributed by atoms with Crippen LogP contribution < -0.4 is 5.32 Å². The molecule has 0 aromatic carbocycles. The largest absolute Gasteiger partial charge is 0.320 e. The molecule has 0 aliphatic carbocycles. The molecular weight excluding hydrogens is 184 g/mol. The summed E-state index contributed by atoms with van der Waals surface area (Å²) in [5, 5.41) is 3.24. The van der Waals surface area contributed by atoms with Crippen LogP contribution in [0, 0.1) is 5.92 Å². The zero-order chi connectivity index (χ0) is 11.1. The van der Waals surface area contributed by atoms with Crippen molar-refractivity contribution in [3.8, 4) is 0 Å². The zero-order valence-corrected chi connectivity index (χ0v) is 10.8. The summed E-state index contributed by atoms with van der Waals surface area (Å²) in [6.45, 7) is 8.47. The van der Waals surface area contributed by atoms with E-state index in [1.165, 1.54) is 51.7 Å². The van der Waals surface area contributed by atoms with E-state index in [1.807, 2.05) is 7.05 Å². The molecule has 0 bridgehead atoms. The molecule has 0 aromatic rings. The van der Waals surface area contributed by atoms with E-state index in [0.717, 1.165) is 12.0 Å². The standard InChI is InChI=1S/C13H28N2/c1-12(2)11-15-10-5-4-7-13(15)8-6-9-14-3/h12-14H,4-11H2,1-3H3. The minimum atomic E-state index is 0.815. The summed E-state index contributed by atoms with van der Waals surface area (Å²) in [7, 11) is 2.05. The Morgan fingerprint density at radius 2 is 2.13 bits per heavy atom. The van der Waals surface area contributed by atoms with E-state index in [0.29, 0.717) is 0 Å². The Hall–Kier alpha value is -0.0800. The van der Waals surface area contributed by atoms with Gasteiger partial charge in [-0.1, -0.05) is 20.3 Å². The quantitative estimate of drug-likeness (QED) is 0.681. The lowest BCUT2D eigenvalue weighted by molar-refractivity contribution is 0.123. The molecule has 90 valence electrons. The minimum Gasteiger partial charge on any atom is -0.320 e. The average molecular weight is 212 g/mol. The van der Waals surface area contributed by atoms with Gasteiger partial charge in [-0.25, -0.2) is 0 Å². The number of hydrogen-bond donors (Lipinski definition) is 1. The van der Waals surface area contributed by atoms with E-state index in [2.05, 4.69) is 24.1 Å². The highest BCUT2D eigenvalue weighted by molar-refractivity contribution is 4.77. The molecule has 1 aliphatic heterocycles. The minimum absolute atomic E-state index is 0.815. The van der Waals surface area contributed by atoms with Crippen LogP contribution in [-0.2, 0) is 0 Å². The van der Waals surface area contributed by atoms with Gasteiger partial charge in [-0.15, -0.1) is 0 Å². The van der Waals surface area contributed by atoms with Gasteiger partial charge in [0.15, 0.2) is 0 Å². The Kier molecular flexibility index (Phi) is 6.26. The van der Waals surface area contributed by atoms with Crippen molar-refractivity contribution < 1.29 is 0 Å². The van der Waals surface area contributed by atoms with Gasteiger partial charge in [0, 0.05) is 12.6 Å². The molecule has 1 fully saturated rings. The third-order valence-corrected chi connectivity index (χ3v) is 3.31. The van der Waals surface area contributed by atoms with E-state index in [1.54, 1.807) is 0 Å². The van der Waals surface area contributed by atoms with Crippen LogP contribution in [0.25, 0.3) is 0 Å². The summed E-state index contributed by atoms with van der Waals surface area (Å²) in [6.07, 6.45) is 6.99. The Morgan fingerprint density at radius 3 is 2.80 bits per heavy atom. The number of likely N-dealkylation sites (tertiary alicyclic amines) is 1. The average Bonchev–Trinajstić information content (AvgIpc) is 2.20. The fourth-order valence-corrected chi connectivity index (χ4v) is 2.61. The lowest BCUT2D eigenvalue weighted by Crippen LogP contribution is -2.41. The second-order valence-electron chi connectivity index (χ2n) is 5.28. The third kappa shape index (κ3) is 4.98. The summed E-state index contributed by atoms with van der Waals surface area (Å²) in [5.74, 6) is 0.815. The first-order valence-corrected chi connectivity index (χ1v) is 6.62. The van der Waals surface area contributed by atoms with Gasteiger partial charge in [-0.3, -0.25) is 0 Å². The molecular formula is C13H28N2.